The van der Waals surface area contributed by atoms with Crippen molar-refractivity contribution in [3.8, 4) is 0 Å². The van der Waals surface area contributed by atoms with Gasteiger partial charge < -0.3 is 4.98 Å². The molecule has 3 nitrogen and oxygen atoms in total. The molecule has 0 spiro atoms. The topological polar surface area (TPSA) is 45.8 Å². The molecule has 0 saturated heterocycles. The molecule has 0 unspecified atom stereocenters. The van der Waals surface area contributed by atoms with Crippen LogP contribution in [-0.2, 0) is 6.42 Å². The van der Waals surface area contributed by atoms with E-state index < -0.39 is 0 Å². The summed E-state index contributed by atoms with van der Waals surface area (Å²) in [6, 6.07) is 7.74. The van der Waals surface area contributed by atoms with Crippen molar-refractivity contribution in [2.75, 3.05) is 0 Å². The van der Waals surface area contributed by atoms with Crippen LogP contribution in [0.4, 0.5) is 0 Å². The van der Waals surface area contributed by atoms with E-state index in [1.165, 1.54) is 0 Å². The summed E-state index contributed by atoms with van der Waals surface area (Å²) in [5.41, 5.74) is 3.54. The van der Waals surface area contributed by atoms with Crippen LogP contribution in [0.1, 0.15) is 21.6 Å². The third kappa shape index (κ3) is 1.37. The second-order valence-electron chi connectivity index (χ2n) is 3.83. The van der Waals surface area contributed by atoms with E-state index in [0.29, 0.717) is 6.42 Å². The van der Waals surface area contributed by atoms with Crippen molar-refractivity contribution in [1.29, 1.82) is 0 Å². The molecule has 0 aliphatic heterocycles. The van der Waals surface area contributed by atoms with E-state index in [1.807, 2.05) is 30.3 Å². The SMILES string of the molecule is O=C1/C(=C/c2c[nH]cn2)Cc2ccccc21. The van der Waals surface area contributed by atoms with Gasteiger partial charge in [0.1, 0.15) is 0 Å². The van der Waals surface area contributed by atoms with Crippen molar-refractivity contribution >= 4 is 11.9 Å². The number of carbonyl (C=O) groups excluding carboxylic acids is 1. The number of imidazole rings is 1. The van der Waals surface area contributed by atoms with Crippen molar-refractivity contribution in [1.82, 2.24) is 9.97 Å². The van der Waals surface area contributed by atoms with Crippen LogP contribution in [0.25, 0.3) is 6.08 Å². The molecule has 1 heterocycles. The highest BCUT2D eigenvalue weighted by atomic mass is 16.1. The summed E-state index contributed by atoms with van der Waals surface area (Å²) in [4.78, 5) is 19.0. The largest absolute Gasteiger partial charge is 0.351 e. The van der Waals surface area contributed by atoms with Gasteiger partial charge in [-0.2, -0.15) is 0 Å². The third-order valence-corrected chi connectivity index (χ3v) is 2.78. The van der Waals surface area contributed by atoms with Crippen LogP contribution in [0.3, 0.4) is 0 Å². The first-order valence-corrected chi connectivity index (χ1v) is 5.16. The van der Waals surface area contributed by atoms with E-state index in [0.717, 1.165) is 22.4 Å². The van der Waals surface area contributed by atoms with Crippen molar-refractivity contribution in [3.63, 3.8) is 0 Å². The van der Waals surface area contributed by atoms with Crippen LogP contribution in [0.15, 0.2) is 42.4 Å². The maximum absolute atomic E-state index is 12.0. The average Bonchev–Trinajstić information content (AvgIpc) is 2.90. The number of nitrogens with zero attached hydrogens (tertiary/aromatic N) is 1. The monoisotopic (exact) mass is 210 g/mol. The predicted octanol–water partition coefficient (Wildman–Crippen LogP) is 2.23. The van der Waals surface area contributed by atoms with Gasteiger partial charge in [0.15, 0.2) is 5.78 Å². The number of Topliss-reactive ketones (excluding diaryl/α,β-unsaturated/α-hetero) is 1. The van der Waals surface area contributed by atoms with E-state index in [1.54, 1.807) is 12.5 Å². The zero-order chi connectivity index (χ0) is 11.0. The fourth-order valence-corrected chi connectivity index (χ4v) is 2.00. The Balaban J connectivity index is 2.02. The molecule has 0 amide bonds. The normalized spacial score (nSPS) is 16.8. The number of aromatic nitrogens is 2. The number of fused-ring (bicyclic) bond motifs is 1. The molecule has 2 aromatic rings. The summed E-state index contributed by atoms with van der Waals surface area (Å²) >= 11 is 0. The van der Waals surface area contributed by atoms with Crippen molar-refractivity contribution in [2.45, 2.75) is 6.42 Å². The summed E-state index contributed by atoms with van der Waals surface area (Å²) < 4.78 is 0. The van der Waals surface area contributed by atoms with Gasteiger partial charge in [0.05, 0.1) is 12.0 Å². The van der Waals surface area contributed by atoms with Gasteiger partial charge in [0.2, 0.25) is 0 Å². The molecular formula is C13H10N2O. The Morgan fingerprint density at radius 3 is 2.94 bits per heavy atom. The average molecular weight is 210 g/mol. The number of allylic oxidation sites excluding steroid dienone is 1. The van der Waals surface area contributed by atoms with Gasteiger partial charge in [0.25, 0.3) is 0 Å². The standard InChI is InChI=1S/C13H10N2O/c16-13-10(6-11-7-14-8-15-11)5-9-3-1-2-4-12(9)13/h1-4,6-8H,5H2,(H,14,15)/b10-6+. The predicted molar refractivity (Wildman–Crippen MR) is 61.0 cm³/mol. The van der Waals surface area contributed by atoms with Gasteiger partial charge in [-0.25, -0.2) is 4.98 Å². The summed E-state index contributed by atoms with van der Waals surface area (Å²) in [5.74, 6) is 0.124. The number of nitrogens with one attached hydrogen (secondary N) is 1. The minimum absolute atomic E-state index is 0.124. The molecule has 0 bridgehead atoms. The summed E-state index contributed by atoms with van der Waals surface area (Å²) in [5, 5.41) is 0. The first kappa shape index (κ1) is 9.09. The molecule has 1 N–H and O–H groups in total. The Hall–Kier alpha value is -2.16. The molecule has 3 heteroatoms. The number of H-pyrrole nitrogens is 1. The molecule has 1 aromatic carbocycles. The fraction of sp³-hybridized carbons (Fsp3) is 0.0769. The number of aromatic amines is 1. The second-order valence-corrected chi connectivity index (χ2v) is 3.83. The summed E-state index contributed by atoms with van der Waals surface area (Å²) in [6.07, 6.45) is 5.95. The van der Waals surface area contributed by atoms with Crippen molar-refractivity contribution in [3.05, 3.63) is 59.2 Å². The van der Waals surface area contributed by atoms with Crippen molar-refractivity contribution < 1.29 is 4.79 Å². The summed E-state index contributed by atoms with van der Waals surface area (Å²) in [6.45, 7) is 0. The van der Waals surface area contributed by atoms with E-state index >= 15 is 0 Å². The molecule has 0 fully saturated rings. The second kappa shape index (κ2) is 3.45. The maximum Gasteiger partial charge on any atom is 0.189 e. The third-order valence-electron chi connectivity index (χ3n) is 2.78. The number of benzene rings is 1. The van der Waals surface area contributed by atoms with Gasteiger partial charge in [-0.1, -0.05) is 24.3 Å². The van der Waals surface area contributed by atoms with E-state index in [9.17, 15) is 4.79 Å². The van der Waals surface area contributed by atoms with E-state index in [2.05, 4.69) is 9.97 Å². The zero-order valence-electron chi connectivity index (χ0n) is 8.60. The number of ketones is 1. The Bertz CT molecular complexity index is 567. The Morgan fingerprint density at radius 2 is 2.19 bits per heavy atom. The minimum atomic E-state index is 0.124. The van der Waals surface area contributed by atoms with Crippen LogP contribution in [-0.4, -0.2) is 15.8 Å². The smallest absolute Gasteiger partial charge is 0.189 e. The fourth-order valence-electron chi connectivity index (χ4n) is 2.00. The maximum atomic E-state index is 12.0. The lowest BCUT2D eigenvalue weighted by atomic mass is 10.1. The molecule has 1 aliphatic rings. The molecule has 0 saturated carbocycles. The van der Waals surface area contributed by atoms with E-state index in [4.69, 9.17) is 0 Å². The number of hydrogen-bond acceptors (Lipinski definition) is 2. The molecule has 1 aromatic heterocycles. The molecule has 0 atom stereocenters. The van der Waals surface area contributed by atoms with Crippen LogP contribution >= 0.6 is 0 Å². The minimum Gasteiger partial charge on any atom is -0.351 e. The molecule has 3 rings (SSSR count). The lowest BCUT2D eigenvalue weighted by Crippen LogP contribution is -1.94. The number of carbonyl (C=O) groups is 1. The van der Waals surface area contributed by atoms with Crippen molar-refractivity contribution in [2.24, 2.45) is 0 Å². The first-order chi connectivity index (χ1) is 7.84. The zero-order valence-corrected chi connectivity index (χ0v) is 8.60. The highest BCUT2D eigenvalue weighted by molar-refractivity contribution is 6.15. The molecule has 16 heavy (non-hydrogen) atoms. The lowest BCUT2D eigenvalue weighted by molar-refractivity contribution is 0.104. The van der Waals surface area contributed by atoms with Crippen LogP contribution in [0.2, 0.25) is 0 Å². The lowest BCUT2D eigenvalue weighted by Gasteiger charge is -1.92. The molecular weight excluding hydrogens is 200 g/mol. The quantitative estimate of drug-likeness (QED) is 0.733. The number of rotatable bonds is 1. The number of hydrogen-bond donors (Lipinski definition) is 1. The highest BCUT2D eigenvalue weighted by Gasteiger charge is 2.23. The Morgan fingerprint density at radius 1 is 1.31 bits per heavy atom. The molecule has 0 radical (unpaired) electrons. The van der Waals surface area contributed by atoms with Crippen LogP contribution in [0.5, 0.6) is 0 Å². The summed E-state index contributed by atoms with van der Waals surface area (Å²) in [7, 11) is 0. The molecule has 78 valence electrons. The van der Waals surface area contributed by atoms with E-state index in [-0.39, 0.29) is 5.78 Å². The Labute approximate surface area is 92.8 Å². The van der Waals surface area contributed by atoms with Crippen LogP contribution in [0, 0.1) is 0 Å². The van der Waals surface area contributed by atoms with Gasteiger partial charge >= 0.3 is 0 Å². The van der Waals surface area contributed by atoms with Gasteiger partial charge in [-0.15, -0.1) is 0 Å². The van der Waals surface area contributed by atoms with Gasteiger partial charge in [-0.05, 0) is 11.6 Å². The highest BCUT2D eigenvalue weighted by Crippen LogP contribution is 2.26. The first-order valence-electron chi connectivity index (χ1n) is 5.16. The van der Waals surface area contributed by atoms with Gasteiger partial charge in [-0.3, -0.25) is 4.79 Å². The van der Waals surface area contributed by atoms with Gasteiger partial charge in [0, 0.05) is 23.8 Å². The molecule has 1 aliphatic carbocycles. The Kier molecular flexibility index (Phi) is 1.96. The van der Waals surface area contributed by atoms with Crippen LogP contribution < -0.4 is 0 Å².